The molecule has 2 aliphatic heterocycles. The minimum absolute atomic E-state index is 0.441. The second-order valence-corrected chi connectivity index (χ2v) is 9.73. The number of nitrogens with zero attached hydrogens (tertiary/aromatic N) is 2. The van der Waals surface area contributed by atoms with E-state index >= 15 is 0 Å². The second kappa shape index (κ2) is 7.99. The van der Waals surface area contributed by atoms with Crippen LogP contribution in [0.2, 0.25) is 5.02 Å². The van der Waals surface area contributed by atoms with Crippen molar-refractivity contribution in [3.05, 3.63) is 101 Å². The van der Waals surface area contributed by atoms with E-state index in [2.05, 4.69) is 5.16 Å². The molecule has 0 radical (unpaired) electrons. The second-order valence-electron chi connectivity index (χ2n) is 9.29. The van der Waals surface area contributed by atoms with Gasteiger partial charge in [0.25, 0.3) is 5.91 Å². The third-order valence-electron chi connectivity index (χ3n) is 5.92. The number of benzene rings is 3. The van der Waals surface area contributed by atoms with Crippen LogP contribution in [0.15, 0.2) is 84.0 Å². The molecule has 5 rings (SSSR count). The number of rotatable bonds is 2. The number of imide groups is 1. The van der Waals surface area contributed by atoms with E-state index in [0.717, 1.165) is 10.5 Å². The van der Waals surface area contributed by atoms with Crippen LogP contribution in [0.5, 0.6) is 0 Å². The van der Waals surface area contributed by atoms with E-state index in [1.165, 1.54) is 0 Å². The molecule has 0 fully saturated rings. The van der Waals surface area contributed by atoms with Gasteiger partial charge in [-0.2, -0.15) is 0 Å². The summed E-state index contributed by atoms with van der Waals surface area (Å²) in [4.78, 5) is 34.8. The van der Waals surface area contributed by atoms with Crippen LogP contribution >= 0.6 is 11.6 Å². The van der Waals surface area contributed by atoms with Crippen LogP contribution in [0.3, 0.4) is 0 Å². The van der Waals surface area contributed by atoms with E-state index in [1.807, 2.05) is 54.6 Å². The molecule has 7 heteroatoms. The van der Waals surface area contributed by atoms with Crippen molar-refractivity contribution in [1.29, 1.82) is 0 Å². The van der Waals surface area contributed by atoms with Crippen molar-refractivity contribution in [2.45, 2.75) is 37.9 Å². The monoisotopic (exact) mass is 474 g/mol. The summed E-state index contributed by atoms with van der Waals surface area (Å²) in [5.74, 6) is -0.469. The molecule has 0 saturated carbocycles. The van der Waals surface area contributed by atoms with Crippen LogP contribution in [0.1, 0.15) is 43.6 Å². The third-order valence-corrected chi connectivity index (χ3v) is 6.17. The molecular formula is C27H23ClN2O4. The van der Waals surface area contributed by atoms with E-state index in [9.17, 15) is 9.59 Å². The van der Waals surface area contributed by atoms with Gasteiger partial charge in [0.05, 0.1) is 5.69 Å². The number of carbonyl (C=O) groups excluding carboxylic acids is 2. The number of hydrogen-bond donors (Lipinski definition) is 0. The van der Waals surface area contributed by atoms with Gasteiger partial charge in [-0.05, 0) is 44.5 Å². The quantitative estimate of drug-likeness (QED) is 0.454. The predicted octanol–water partition coefficient (Wildman–Crippen LogP) is 6.04. The van der Waals surface area contributed by atoms with Gasteiger partial charge in [-0.15, -0.1) is 0 Å². The maximum Gasteiger partial charge on any atom is 0.421 e. The normalized spacial score (nSPS) is 21.3. The molecule has 2 atom stereocenters. The zero-order valence-corrected chi connectivity index (χ0v) is 19.7. The molecule has 2 aliphatic rings. The summed E-state index contributed by atoms with van der Waals surface area (Å²) in [5, 5.41) is 4.99. The minimum atomic E-state index is -1.39. The first-order valence-corrected chi connectivity index (χ1v) is 11.3. The van der Waals surface area contributed by atoms with E-state index < -0.39 is 29.1 Å². The van der Waals surface area contributed by atoms with Gasteiger partial charge < -0.3 is 9.57 Å². The molecule has 3 aromatic carbocycles. The SMILES string of the molecule is CC(C)(C)OC(=O)N1C(=O)C2(C(c3ccccc3)=NOC2c2ccc(Cl)cc2)c2ccccc21. The van der Waals surface area contributed by atoms with Gasteiger partial charge in [0.15, 0.2) is 11.5 Å². The molecule has 0 aliphatic carbocycles. The largest absolute Gasteiger partial charge is 0.443 e. The fourth-order valence-corrected chi connectivity index (χ4v) is 4.71. The van der Waals surface area contributed by atoms with E-state index in [4.69, 9.17) is 21.2 Å². The van der Waals surface area contributed by atoms with Crippen molar-refractivity contribution in [2.24, 2.45) is 5.16 Å². The molecular weight excluding hydrogens is 452 g/mol. The summed E-state index contributed by atoms with van der Waals surface area (Å²) in [6.45, 7) is 5.29. The number of ether oxygens (including phenoxy) is 1. The zero-order chi connectivity index (χ0) is 24.1. The first-order chi connectivity index (χ1) is 16.2. The number of hydrogen-bond acceptors (Lipinski definition) is 5. The summed E-state index contributed by atoms with van der Waals surface area (Å²) in [6.07, 6.45) is -1.54. The lowest BCUT2D eigenvalue weighted by atomic mass is 9.69. The average Bonchev–Trinajstić information content (AvgIpc) is 3.32. The molecule has 0 N–H and O–H groups in total. The van der Waals surface area contributed by atoms with Gasteiger partial charge in [0.1, 0.15) is 11.3 Å². The molecule has 2 amide bonds. The Hall–Kier alpha value is -3.64. The molecule has 0 aromatic heterocycles. The molecule has 2 unspecified atom stereocenters. The van der Waals surface area contributed by atoms with Crippen LogP contribution in [-0.4, -0.2) is 23.3 Å². The topological polar surface area (TPSA) is 68.2 Å². The number of oxime groups is 1. The Bertz CT molecular complexity index is 1300. The Morgan fingerprint density at radius 1 is 1.00 bits per heavy atom. The van der Waals surface area contributed by atoms with E-state index in [0.29, 0.717) is 27.5 Å². The highest BCUT2D eigenvalue weighted by Gasteiger charge is 2.65. The van der Waals surface area contributed by atoms with Gasteiger partial charge in [-0.1, -0.05) is 77.4 Å². The van der Waals surface area contributed by atoms with Crippen molar-refractivity contribution in [2.75, 3.05) is 4.90 Å². The lowest BCUT2D eigenvalue weighted by Gasteiger charge is -2.30. The fourth-order valence-electron chi connectivity index (χ4n) is 4.58. The molecule has 1 spiro atoms. The van der Waals surface area contributed by atoms with Gasteiger partial charge in [-0.3, -0.25) is 4.79 Å². The average molecular weight is 475 g/mol. The van der Waals surface area contributed by atoms with Crippen LogP contribution < -0.4 is 4.90 Å². The number of halogens is 1. The van der Waals surface area contributed by atoms with Gasteiger partial charge in [0.2, 0.25) is 0 Å². The summed E-state index contributed by atoms with van der Waals surface area (Å²) in [6, 6.07) is 23.7. The van der Waals surface area contributed by atoms with Crippen LogP contribution in [0.4, 0.5) is 10.5 Å². The summed E-state index contributed by atoms with van der Waals surface area (Å²) >= 11 is 6.12. The number of fused-ring (bicyclic) bond motifs is 2. The Morgan fingerprint density at radius 3 is 2.32 bits per heavy atom. The number of para-hydroxylation sites is 1. The maximum atomic E-state index is 14.4. The standard InChI is InChI=1S/C27H23ClN2O4/c1-26(2,3)33-25(32)30-21-12-8-7-11-20(21)27(24(30)31)22(17-9-5-4-6-10-17)29-34-23(27)18-13-15-19(28)16-14-18/h4-16,23H,1-3H3. The summed E-state index contributed by atoms with van der Waals surface area (Å²) in [5.41, 5.74) is 0.807. The van der Waals surface area contributed by atoms with Gasteiger partial charge in [-0.25, -0.2) is 9.69 Å². The molecule has 6 nitrogen and oxygen atoms in total. The Balaban J connectivity index is 1.74. The fraction of sp³-hybridized carbons (Fsp3) is 0.222. The first kappa shape index (κ1) is 22.2. The summed E-state index contributed by atoms with van der Waals surface area (Å²) < 4.78 is 5.62. The predicted molar refractivity (Wildman–Crippen MR) is 130 cm³/mol. The smallest absolute Gasteiger partial charge is 0.421 e. The molecule has 0 bridgehead atoms. The van der Waals surface area contributed by atoms with Crippen LogP contribution in [-0.2, 0) is 19.8 Å². The van der Waals surface area contributed by atoms with Crippen molar-refractivity contribution < 1.29 is 19.2 Å². The van der Waals surface area contributed by atoms with Crippen molar-refractivity contribution in [3.63, 3.8) is 0 Å². The molecule has 2 heterocycles. The van der Waals surface area contributed by atoms with Gasteiger partial charge >= 0.3 is 6.09 Å². The number of carbonyl (C=O) groups is 2. The third kappa shape index (κ3) is 3.37. The Morgan fingerprint density at radius 2 is 1.65 bits per heavy atom. The highest BCUT2D eigenvalue weighted by atomic mass is 35.5. The highest BCUT2D eigenvalue weighted by Crippen LogP contribution is 2.55. The minimum Gasteiger partial charge on any atom is -0.443 e. The van der Waals surface area contributed by atoms with E-state index in [1.54, 1.807) is 45.0 Å². The highest BCUT2D eigenvalue weighted by molar-refractivity contribution is 6.34. The number of anilines is 1. The Labute approximate surface area is 202 Å². The maximum absolute atomic E-state index is 14.4. The molecule has 34 heavy (non-hydrogen) atoms. The summed E-state index contributed by atoms with van der Waals surface area (Å²) in [7, 11) is 0. The molecule has 172 valence electrons. The van der Waals surface area contributed by atoms with Crippen LogP contribution in [0.25, 0.3) is 0 Å². The Kier molecular flexibility index (Phi) is 5.21. The molecule has 3 aromatic rings. The van der Waals surface area contributed by atoms with Crippen molar-refractivity contribution in [3.8, 4) is 0 Å². The van der Waals surface area contributed by atoms with Crippen molar-refractivity contribution >= 4 is 35.0 Å². The molecule has 0 saturated heterocycles. The van der Waals surface area contributed by atoms with Gasteiger partial charge in [0, 0.05) is 16.1 Å². The number of amides is 2. The lowest BCUT2D eigenvalue weighted by Crippen LogP contribution is -2.50. The zero-order valence-electron chi connectivity index (χ0n) is 19.0. The van der Waals surface area contributed by atoms with E-state index in [-0.39, 0.29) is 0 Å². The first-order valence-electron chi connectivity index (χ1n) is 11.0. The lowest BCUT2D eigenvalue weighted by molar-refractivity contribution is -0.124. The van der Waals surface area contributed by atoms with Crippen molar-refractivity contribution in [1.82, 2.24) is 0 Å². The van der Waals surface area contributed by atoms with Crippen LogP contribution in [0, 0.1) is 0 Å².